The molecule has 0 radical (unpaired) electrons. The second-order valence-corrected chi connectivity index (χ2v) is 3.72. The maximum atomic E-state index is 5.43. The summed E-state index contributed by atoms with van der Waals surface area (Å²) in [6, 6.07) is 0. The van der Waals surface area contributed by atoms with Crippen molar-refractivity contribution in [1.29, 1.82) is 0 Å². The summed E-state index contributed by atoms with van der Waals surface area (Å²) >= 11 is 0. The van der Waals surface area contributed by atoms with Gasteiger partial charge in [0, 0.05) is 13.0 Å². The van der Waals surface area contributed by atoms with Gasteiger partial charge in [-0.15, -0.1) is 0 Å². The van der Waals surface area contributed by atoms with E-state index in [1.807, 2.05) is 0 Å². The molecule has 2 N–H and O–H groups in total. The molecule has 0 spiro atoms. The van der Waals surface area contributed by atoms with Gasteiger partial charge < -0.3 is 15.1 Å². The van der Waals surface area contributed by atoms with Gasteiger partial charge in [-0.05, 0) is 25.9 Å². The number of hydrogen-bond acceptors (Lipinski definition) is 4. The van der Waals surface area contributed by atoms with E-state index in [1.165, 1.54) is 25.9 Å². The first-order chi connectivity index (χ1) is 6.88. The molecule has 4 nitrogen and oxygen atoms in total. The largest absolute Gasteiger partial charge is 0.444 e. The van der Waals surface area contributed by atoms with Crippen molar-refractivity contribution in [2.75, 3.05) is 19.6 Å². The zero-order valence-corrected chi connectivity index (χ0v) is 8.41. The topological polar surface area (TPSA) is 55.3 Å². The smallest absolute Gasteiger partial charge is 0.208 e. The first-order valence-electron chi connectivity index (χ1n) is 5.24. The first kappa shape index (κ1) is 9.68. The van der Waals surface area contributed by atoms with E-state index in [0.29, 0.717) is 12.4 Å². The summed E-state index contributed by atoms with van der Waals surface area (Å²) in [5, 5.41) is 0. The maximum absolute atomic E-state index is 5.43. The SMILES string of the molecule is NCc1ncc(CCN2CCCC2)o1. The molecule has 4 heteroatoms. The molecule has 0 bridgehead atoms. The average Bonchev–Trinajstić information content (AvgIpc) is 2.86. The molecule has 1 aromatic rings. The van der Waals surface area contributed by atoms with Gasteiger partial charge in [0.25, 0.3) is 0 Å². The van der Waals surface area contributed by atoms with Crippen molar-refractivity contribution in [2.45, 2.75) is 25.8 Å². The highest BCUT2D eigenvalue weighted by Gasteiger charge is 2.12. The maximum Gasteiger partial charge on any atom is 0.208 e. The molecular weight excluding hydrogens is 178 g/mol. The van der Waals surface area contributed by atoms with E-state index in [1.54, 1.807) is 6.20 Å². The molecule has 0 amide bonds. The van der Waals surface area contributed by atoms with Crippen LogP contribution in [0.15, 0.2) is 10.6 Å². The summed E-state index contributed by atoms with van der Waals surface area (Å²) in [5.74, 6) is 1.60. The molecule has 2 rings (SSSR count). The molecule has 2 heterocycles. The number of nitrogens with zero attached hydrogens (tertiary/aromatic N) is 2. The molecular formula is C10H17N3O. The summed E-state index contributed by atoms with van der Waals surface area (Å²) in [7, 11) is 0. The normalized spacial score (nSPS) is 17.8. The Bertz CT molecular complexity index is 279. The average molecular weight is 195 g/mol. The quantitative estimate of drug-likeness (QED) is 0.771. The van der Waals surface area contributed by atoms with Crippen molar-refractivity contribution >= 4 is 0 Å². The molecule has 78 valence electrons. The summed E-state index contributed by atoms with van der Waals surface area (Å²) in [6.45, 7) is 3.94. The van der Waals surface area contributed by atoms with E-state index in [-0.39, 0.29) is 0 Å². The van der Waals surface area contributed by atoms with Gasteiger partial charge in [-0.2, -0.15) is 0 Å². The third-order valence-electron chi connectivity index (χ3n) is 2.65. The minimum absolute atomic E-state index is 0.393. The molecule has 1 saturated heterocycles. The van der Waals surface area contributed by atoms with Crippen LogP contribution < -0.4 is 5.73 Å². The fourth-order valence-corrected chi connectivity index (χ4v) is 1.83. The highest BCUT2D eigenvalue weighted by atomic mass is 16.4. The lowest BCUT2D eigenvalue weighted by molar-refractivity contribution is 0.328. The Morgan fingerprint density at radius 1 is 1.43 bits per heavy atom. The summed E-state index contributed by atoms with van der Waals surface area (Å²) in [6.07, 6.45) is 5.42. The van der Waals surface area contributed by atoms with Crippen LogP contribution in [0.2, 0.25) is 0 Å². The van der Waals surface area contributed by atoms with E-state index in [2.05, 4.69) is 9.88 Å². The Hall–Kier alpha value is -0.870. The molecule has 14 heavy (non-hydrogen) atoms. The molecule has 1 aliphatic rings. The molecule has 1 fully saturated rings. The van der Waals surface area contributed by atoms with Gasteiger partial charge in [-0.1, -0.05) is 0 Å². The molecule has 0 saturated carbocycles. The zero-order chi connectivity index (χ0) is 9.80. The number of hydrogen-bond donors (Lipinski definition) is 1. The Morgan fingerprint density at radius 2 is 2.21 bits per heavy atom. The minimum atomic E-state index is 0.393. The predicted molar refractivity (Wildman–Crippen MR) is 53.8 cm³/mol. The van der Waals surface area contributed by atoms with Crippen LogP contribution >= 0.6 is 0 Å². The van der Waals surface area contributed by atoms with E-state index in [0.717, 1.165) is 18.7 Å². The third kappa shape index (κ3) is 2.33. The second-order valence-electron chi connectivity index (χ2n) is 3.72. The van der Waals surface area contributed by atoms with Gasteiger partial charge in [-0.25, -0.2) is 4.98 Å². The van der Waals surface area contributed by atoms with Crippen molar-refractivity contribution in [1.82, 2.24) is 9.88 Å². The second kappa shape index (κ2) is 4.57. The number of rotatable bonds is 4. The monoisotopic (exact) mass is 195 g/mol. The standard InChI is InChI=1S/C10H17N3O/c11-7-10-12-8-9(14-10)3-6-13-4-1-2-5-13/h8H,1-7,11H2. The summed E-state index contributed by atoms with van der Waals surface area (Å²) in [5.41, 5.74) is 5.41. The van der Waals surface area contributed by atoms with Gasteiger partial charge in [0.2, 0.25) is 5.89 Å². The molecule has 0 unspecified atom stereocenters. The lowest BCUT2D eigenvalue weighted by Gasteiger charge is -2.12. The summed E-state index contributed by atoms with van der Waals surface area (Å²) < 4.78 is 5.43. The molecule has 0 aromatic carbocycles. The number of likely N-dealkylation sites (tertiary alicyclic amines) is 1. The van der Waals surface area contributed by atoms with Crippen LogP contribution in [0.1, 0.15) is 24.5 Å². The van der Waals surface area contributed by atoms with Crippen LogP contribution in [0.4, 0.5) is 0 Å². The van der Waals surface area contributed by atoms with E-state index in [4.69, 9.17) is 10.2 Å². The highest BCUT2D eigenvalue weighted by molar-refractivity contribution is 4.94. The van der Waals surface area contributed by atoms with Gasteiger partial charge in [0.05, 0.1) is 12.7 Å². The van der Waals surface area contributed by atoms with Crippen molar-refractivity contribution < 1.29 is 4.42 Å². The number of aromatic nitrogens is 1. The van der Waals surface area contributed by atoms with Gasteiger partial charge >= 0.3 is 0 Å². The minimum Gasteiger partial charge on any atom is -0.444 e. The molecule has 0 atom stereocenters. The zero-order valence-electron chi connectivity index (χ0n) is 8.41. The lowest BCUT2D eigenvalue weighted by Crippen LogP contribution is -2.21. The van der Waals surface area contributed by atoms with Gasteiger partial charge in [-0.3, -0.25) is 0 Å². The van der Waals surface area contributed by atoms with Crippen molar-refractivity contribution in [3.8, 4) is 0 Å². The predicted octanol–water partition coefficient (Wildman–Crippen LogP) is 0.772. The number of nitrogens with two attached hydrogens (primary N) is 1. The molecule has 1 aromatic heterocycles. The van der Waals surface area contributed by atoms with Crippen LogP contribution in [-0.2, 0) is 13.0 Å². The molecule has 1 aliphatic heterocycles. The van der Waals surface area contributed by atoms with Crippen LogP contribution in [-0.4, -0.2) is 29.5 Å². The third-order valence-corrected chi connectivity index (χ3v) is 2.65. The molecule has 0 aliphatic carbocycles. The fraction of sp³-hybridized carbons (Fsp3) is 0.700. The van der Waals surface area contributed by atoms with Gasteiger partial charge in [0.15, 0.2) is 0 Å². The Morgan fingerprint density at radius 3 is 2.86 bits per heavy atom. The Balaban J connectivity index is 1.79. The summed E-state index contributed by atoms with van der Waals surface area (Å²) in [4.78, 5) is 6.53. The Kier molecular flexibility index (Phi) is 3.16. The van der Waals surface area contributed by atoms with Crippen molar-refractivity contribution in [3.63, 3.8) is 0 Å². The van der Waals surface area contributed by atoms with E-state index >= 15 is 0 Å². The van der Waals surface area contributed by atoms with E-state index in [9.17, 15) is 0 Å². The fourth-order valence-electron chi connectivity index (χ4n) is 1.83. The van der Waals surface area contributed by atoms with Crippen molar-refractivity contribution in [3.05, 3.63) is 17.8 Å². The number of oxazole rings is 1. The van der Waals surface area contributed by atoms with Crippen LogP contribution in [0.25, 0.3) is 0 Å². The van der Waals surface area contributed by atoms with Crippen LogP contribution in [0.5, 0.6) is 0 Å². The van der Waals surface area contributed by atoms with Crippen LogP contribution in [0.3, 0.4) is 0 Å². The van der Waals surface area contributed by atoms with E-state index < -0.39 is 0 Å². The Labute approximate surface area is 84.1 Å². The van der Waals surface area contributed by atoms with Gasteiger partial charge in [0.1, 0.15) is 5.76 Å². The van der Waals surface area contributed by atoms with Crippen molar-refractivity contribution in [2.24, 2.45) is 5.73 Å². The first-order valence-corrected chi connectivity index (χ1v) is 5.24. The lowest BCUT2D eigenvalue weighted by atomic mass is 10.3. The highest BCUT2D eigenvalue weighted by Crippen LogP contribution is 2.09. The van der Waals surface area contributed by atoms with Crippen LogP contribution in [0, 0.1) is 0 Å².